The minimum absolute atomic E-state index is 0.0281. The van der Waals surface area contributed by atoms with E-state index in [2.05, 4.69) is 15.3 Å². The number of carbonyl (C=O) groups is 1. The summed E-state index contributed by atoms with van der Waals surface area (Å²) < 4.78 is 0. The van der Waals surface area contributed by atoms with E-state index in [4.69, 9.17) is 0 Å². The van der Waals surface area contributed by atoms with Crippen molar-refractivity contribution in [2.45, 2.75) is 12.8 Å². The van der Waals surface area contributed by atoms with Crippen molar-refractivity contribution in [1.29, 1.82) is 0 Å². The molecule has 0 bridgehead atoms. The van der Waals surface area contributed by atoms with Gasteiger partial charge in [0.25, 0.3) is 0 Å². The van der Waals surface area contributed by atoms with Gasteiger partial charge in [-0.05, 0) is 12.1 Å². The molecule has 4 rings (SSSR count). The van der Waals surface area contributed by atoms with E-state index in [1.165, 1.54) is 0 Å². The van der Waals surface area contributed by atoms with Crippen LogP contribution in [-0.2, 0) is 11.2 Å². The molecule has 0 unspecified atom stereocenters. The predicted molar refractivity (Wildman–Crippen MR) is 106 cm³/mol. The fourth-order valence-electron chi connectivity index (χ4n) is 2.81. The van der Waals surface area contributed by atoms with Crippen molar-refractivity contribution in [1.82, 2.24) is 9.97 Å². The van der Waals surface area contributed by atoms with Gasteiger partial charge in [0.1, 0.15) is 0 Å². The number of amides is 1. The van der Waals surface area contributed by atoms with E-state index in [9.17, 15) is 4.79 Å². The summed E-state index contributed by atoms with van der Waals surface area (Å²) in [5.74, 6) is -0.0281. The Balaban J connectivity index is 1.41. The number of pyridine rings is 1. The molecule has 2 aromatic carbocycles. The molecule has 2 aromatic heterocycles. The third kappa shape index (κ3) is 3.63. The number of rotatable bonds is 5. The summed E-state index contributed by atoms with van der Waals surface area (Å²) in [5, 5.41) is 6.99. The van der Waals surface area contributed by atoms with Crippen LogP contribution in [0.1, 0.15) is 11.4 Å². The molecule has 0 saturated carbocycles. The smallest absolute Gasteiger partial charge is 0.224 e. The standard InChI is InChI=1S/C21H17N3OS/c25-19(23-17-10-4-8-16-9-5-13-22-21(16)17)11-12-20-24-18(14-26-20)15-6-2-1-3-7-15/h1-10,13-14H,11-12H2,(H,23,25). The molecule has 0 aliphatic heterocycles. The molecular formula is C21H17N3OS. The van der Waals surface area contributed by atoms with Crippen LogP contribution in [0.25, 0.3) is 22.2 Å². The maximum absolute atomic E-state index is 12.3. The minimum Gasteiger partial charge on any atom is -0.324 e. The molecule has 26 heavy (non-hydrogen) atoms. The molecular weight excluding hydrogens is 342 g/mol. The molecule has 0 atom stereocenters. The fourth-order valence-corrected chi connectivity index (χ4v) is 3.61. The van der Waals surface area contributed by atoms with Crippen LogP contribution in [0.2, 0.25) is 0 Å². The number of hydrogen-bond donors (Lipinski definition) is 1. The number of hydrogen-bond acceptors (Lipinski definition) is 4. The van der Waals surface area contributed by atoms with Gasteiger partial charge in [0.05, 0.1) is 21.9 Å². The molecule has 0 radical (unpaired) electrons. The summed E-state index contributed by atoms with van der Waals surface area (Å²) in [6.07, 6.45) is 2.76. The highest BCUT2D eigenvalue weighted by molar-refractivity contribution is 7.09. The first-order chi connectivity index (χ1) is 12.8. The SMILES string of the molecule is O=C(CCc1nc(-c2ccccc2)cs1)Nc1cccc2cccnc12. The summed E-state index contributed by atoms with van der Waals surface area (Å²) in [4.78, 5) is 21.3. The molecule has 0 aliphatic rings. The Morgan fingerprint density at radius 1 is 1.00 bits per heavy atom. The number of fused-ring (bicyclic) bond motifs is 1. The van der Waals surface area contributed by atoms with Gasteiger partial charge in [0.2, 0.25) is 5.91 Å². The third-order valence-electron chi connectivity index (χ3n) is 4.09. The van der Waals surface area contributed by atoms with E-state index in [0.717, 1.165) is 32.9 Å². The highest BCUT2D eigenvalue weighted by atomic mass is 32.1. The third-order valence-corrected chi connectivity index (χ3v) is 5.00. The van der Waals surface area contributed by atoms with Crippen LogP contribution < -0.4 is 5.32 Å². The number of aryl methyl sites for hydroxylation is 1. The zero-order valence-corrected chi connectivity index (χ0v) is 14.9. The van der Waals surface area contributed by atoms with Gasteiger partial charge in [0, 0.05) is 35.4 Å². The number of carbonyl (C=O) groups excluding carboxylic acids is 1. The van der Waals surface area contributed by atoms with Crippen molar-refractivity contribution in [3.8, 4) is 11.3 Å². The fraction of sp³-hybridized carbons (Fsp3) is 0.0952. The zero-order valence-electron chi connectivity index (χ0n) is 14.1. The molecule has 0 aliphatic carbocycles. The molecule has 1 N–H and O–H groups in total. The Hall–Kier alpha value is -3.05. The maximum atomic E-state index is 12.3. The minimum atomic E-state index is -0.0281. The lowest BCUT2D eigenvalue weighted by molar-refractivity contribution is -0.116. The first kappa shape index (κ1) is 16.4. The van der Waals surface area contributed by atoms with Crippen molar-refractivity contribution in [2.24, 2.45) is 0 Å². The second-order valence-electron chi connectivity index (χ2n) is 5.92. The van der Waals surface area contributed by atoms with E-state index in [1.807, 2.05) is 66.0 Å². The van der Waals surface area contributed by atoms with Gasteiger partial charge < -0.3 is 5.32 Å². The van der Waals surface area contributed by atoms with Crippen LogP contribution >= 0.6 is 11.3 Å². The quantitative estimate of drug-likeness (QED) is 0.550. The van der Waals surface area contributed by atoms with E-state index in [1.54, 1.807) is 17.5 Å². The molecule has 4 nitrogen and oxygen atoms in total. The van der Waals surface area contributed by atoms with Crippen molar-refractivity contribution in [3.63, 3.8) is 0 Å². The number of thiazole rings is 1. The molecule has 0 fully saturated rings. The highest BCUT2D eigenvalue weighted by Gasteiger charge is 2.09. The highest BCUT2D eigenvalue weighted by Crippen LogP contribution is 2.23. The molecule has 4 aromatic rings. The number of nitrogens with zero attached hydrogens (tertiary/aromatic N) is 2. The Morgan fingerprint density at radius 3 is 2.73 bits per heavy atom. The lowest BCUT2D eigenvalue weighted by Crippen LogP contribution is -2.12. The molecule has 0 saturated heterocycles. The van der Waals surface area contributed by atoms with Gasteiger partial charge in [-0.2, -0.15) is 0 Å². The lowest BCUT2D eigenvalue weighted by atomic mass is 10.2. The van der Waals surface area contributed by atoms with Crippen molar-refractivity contribution in [3.05, 3.63) is 77.2 Å². The molecule has 2 heterocycles. The molecule has 5 heteroatoms. The van der Waals surface area contributed by atoms with Gasteiger partial charge in [-0.15, -0.1) is 11.3 Å². The van der Waals surface area contributed by atoms with Gasteiger partial charge in [-0.3, -0.25) is 9.78 Å². The summed E-state index contributed by atoms with van der Waals surface area (Å²) in [5.41, 5.74) is 3.62. The van der Waals surface area contributed by atoms with Gasteiger partial charge in [0.15, 0.2) is 0 Å². The van der Waals surface area contributed by atoms with Crippen LogP contribution in [0.15, 0.2) is 72.2 Å². The Bertz CT molecular complexity index is 1040. The molecule has 0 spiro atoms. The second-order valence-corrected chi connectivity index (χ2v) is 6.86. The largest absolute Gasteiger partial charge is 0.324 e. The lowest BCUT2D eigenvalue weighted by Gasteiger charge is -2.07. The van der Waals surface area contributed by atoms with Crippen molar-refractivity contribution < 1.29 is 4.79 Å². The first-order valence-corrected chi connectivity index (χ1v) is 9.31. The van der Waals surface area contributed by atoms with Crippen LogP contribution in [-0.4, -0.2) is 15.9 Å². The van der Waals surface area contributed by atoms with Crippen molar-refractivity contribution in [2.75, 3.05) is 5.32 Å². The number of para-hydroxylation sites is 1. The topological polar surface area (TPSA) is 54.9 Å². The zero-order chi connectivity index (χ0) is 17.8. The Kier molecular flexibility index (Phi) is 4.71. The van der Waals surface area contributed by atoms with Crippen molar-refractivity contribution >= 4 is 33.8 Å². The normalized spacial score (nSPS) is 10.8. The number of nitrogens with one attached hydrogen (secondary N) is 1. The Morgan fingerprint density at radius 2 is 1.85 bits per heavy atom. The Labute approximate surface area is 155 Å². The average molecular weight is 359 g/mol. The van der Waals surface area contributed by atoms with Crippen LogP contribution in [0.5, 0.6) is 0 Å². The summed E-state index contributed by atoms with van der Waals surface area (Å²) >= 11 is 1.59. The van der Waals surface area contributed by atoms with Crippen LogP contribution in [0.3, 0.4) is 0 Å². The number of aromatic nitrogens is 2. The van der Waals surface area contributed by atoms with E-state index >= 15 is 0 Å². The summed E-state index contributed by atoms with van der Waals surface area (Å²) in [6, 6.07) is 19.7. The summed E-state index contributed by atoms with van der Waals surface area (Å²) in [7, 11) is 0. The van der Waals surface area contributed by atoms with Gasteiger partial charge >= 0.3 is 0 Å². The predicted octanol–water partition coefficient (Wildman–Crippen LogP) is 4.93. The van der Waals surface area contributed by atoms with E-state index in [0.29, 0.717) is 12.8 Å². The van der Waals surface area contributed by atoms with Crippen LogP contribution in [0, 0.1) is 0 Å². The van der Waals surface area contributed by atoms with Gasteiger partial charge in [-0.1, -0.05) is 48.5 Å². The number of anilines is 1. The monoisotopic (exact) mass is 359 g/mol. The maximum Gasteiger partial charge on any atom is 0.224 e. The first-order valence-electron chi connectivity index (χ1n) is 8.43. The van der Waals surface area contributed by atoms with E-state index < -0.39 is 0 Å². The average Bonchev–Trinajstić information content (AvgIpc) is 3.17. The van der Waals surface area contributed by atoms with E-state index in [-0.39, 0.29) is 5.91 Å². The van der Waals surface area contributed by atoms with Gasteiger partial charge in [-0.25, -0.2) is 4.98 Å². The van der Waals surface area contributed by atoms with Crippen LogP contribution in [0.4, 0.5) is 5.69 Å². The second kappa shape index (κ2) is 7.45. The number of benzene rings is 2. The molecule has 128 valence electrons. The summed E-state index contributed by atoms with van der Waals surface area (Å²) in [6.45, 7) is 0. The molecule has 1 amide bonds.